The molecule has 112 valence electrons. The molecule has 8 nitrogen and oxygen atoms in total. The Morgan fingerprint density at radius 3 is 2.86 bits per heavy atom. The van der Waals surface area contributed by atoms with Crippen molar-refractivity contribution < 1.29 is 4.79 Å². The Bertz CT molecular complexity index is 792. The van der Waals surface area contributed by atoms with Gasteiger partial charge in [0.25, 0.3) is 5.91 Å². The maximum Gasteiger partial charge on any atom is 0.276 e. The van der Waals surface area contributed by atoms with E-state index in [2.05, 4.69) is 30.3 Å². The molecule has 1 fully saturated rings. The molecule has 1 aliphatic heterocycles. The van der Waals surface area contributed by atoms with Crippen molar-refractivity contribution in [3.8, 4) is 0 Å². The lowest BCUT2D eigenvalue weighted by Crippen LogP contribution is -2.49. The number of hydrogen-bond acceptors (Lipinski definition) is 7. The monoisotopic (exact) mass is 315 g/mol. The molecule has 3 aromatic rings. The van der Waals surface area contributed by atoms with Gasteiger partial charge in [0.1, 0.15) is 12.1 Å². The van der Waals surface area contributed by atoms with Crippen molar-refractivity contribution in [2.45, 2.75) is 0 Å². The number of aromatic amines is 1. The first-order valence-electron chi connectivity index (χ1n) is 6.91. The van der Waals surface area contributed by atoms with Gasteiger partial charge in [-0.3, -0.25) is 4.79 Å². The molecule has 0 aromatic carbocycles. The van der Waals surface area contributed by atoms with Gasteiger partial charge in [0.2, 0.25) is 0 Å². The number of amides is 1. The van der Waals surface area contributed by atoms with E-state index in [1.165, 1.54) is 6.20 Å². The number of nitrogens with zero attached hydrogens (tertiary/aromatic N) is 6. The summed E-state index contributed by atoms with van der Waals surface area (Å²) >= 11 is 1.64. The van der Waals surface area contributed by atoms with Gasteiger partial charge < -0.3 is 9.80 Å². The molecule has 1 aliphatic rings. The SMILES string of the molecule is O=C(c1cn[nH]n1)N1CCN(c2ncnc3ccsc23)CC1. The highest BCUT2D eigenvalue weighted by molar-refractivity contribution is 7.17. The summed E-state index contributed by atoms with van der Waals surface area (Å²) in [4.78, 5) is 24.9. The minimum atomic E-state index is -0.0858. The van der Waals surface area contributed by atoms with Crippen molar-refractivity contribution >= 4 is 33.3 Å². The Morgan fingerprint density at radius 1 is 1.23 bits per heavy atom. The molecule has 9 heteroatoms. The number of hydrogen-bond donors (Lipinski definition) is 1. The molecule has 1 amide bonds. The molecule has 3 aromatic heterocycles. The zero-order valence-corrected chi connectivity index (χ0v) is 12.5. The van der Waals surface area contributed by atoms with Crippen molar-refractivity contribution in [1.82, 2.24) is 30.3 Å². The van der Waals surface area contributed by atoms with E-state index >= 15 is 0 Å². The number of carbonyl (C=O) groups excluding carboxylic acids is 1. The quantitative estimate of drug-likeness (QED) is 0.751. The topological polar surface area (TPSA) is 90.9 Å². The van der Waals surface area contributed by atoms with Crippen LogP contribution in [0.5, 0.6) is 0 Å². The first-order valence-corrected chi connectivity index (χ1v) is 7.79. The third kappa shape index (κ3) is 2.19. The van der Waals surface area contributed by atoms with Crippen molar-refractivity contribution in [3.05, 3.63) is 29.7 Å². The van der Waals surface area contributed by atoms with Gasteiger partial charge >= 0.3 is 0 Å². The van der Waals surface area contributed by atoms with Crippen LogP contribution in [0, 0.1) is 0 Å². The Kier molecular flexibility index (Phi) is 3.19. The zero-order valence-electron chi connectivity index (χ0n) is 11.6. The van der Waals surface area contributed by atoms with Crippen LogP contribution >= 0.6 is 11.3 Å². The number of aromatic nitrogens is 5. The molecular formula is C13H13N7OS. The number of anilines is 1. The van der Waals surface area contributed by atoms with E-state index in [0.29, 0.717) is 18.8 Å². The van der Waals surface area contributed by atoms with E-state index in [9.17, 15) is 4.79 Å². The average Bonchev–Trinajstić information content (AvgIpc) is 3.25. The Labute approximate surface area is 129 Å². The van der Waals surface area contributed by atoms with Gasteiger partial charge in [0.15, 0.2) is 5.69 Å². The van der Waals surface area contributed by atoms with Crippen molar-refractivity contribution in [2.75, 3.05) is 31.1 Å². The van der Waals surface area contributed by atoms with Gasteiger partial charge in [0, 0.05) is 26.2 Å². The largest absolute Gasteiger partial charge is 0.352 e. The molecule has 4 rings (SSSR count). The number of thiophene rings is 1. The molecule has 4 heterocycles. The van der Waals surface area contributed by atoms with E-state index in [1.54, 1.807) is 22.6 Å². The molecule has 0 unspecified atom stereocenters. The fourth-order valence-electron chi connectivity index (χ4n) is 2.59. The molecule has 0 radical (unpaired) electrons. The number of rotatable bonds is 2. The van der Waals surface area contributed by atoms with Gasteiger partial charge in [-0.2, -0.15) is 15.4 Å². The molecular weight excluding hydrogens is 302 g/mol. The van der Waals surface area contributed by atoms with Crippen LogP contribution in [0.15, 0.2) is 24.0 Å². The lowest BCUT2D eigenvalue weighted by atomic mass is 10.2. The third-order valence-corrected chi connectivity index (χ3v) is 4.62. The summed E-state index contributed by atoms with van der Waals surface area (Å²) in [5, 5.41) is 12.0. The maximum absolute atomic E-state index is 12.2. The van der Waals surface area contributed by atoms with Crippen LogP contribution in [0.1, 0.15) is 10.5 Å². The van der Waals surface area contributed by atoms with Crippen LogP contribution in [0.2, 0.25) is 0 Å². The summed E-state index contributed by atoms with van der Waals surface area (Å²) in [6.45, 7) is 2.77. The van der Waals surface area contributed by atoms with E-state index < -0.39 is 0 Å². The summed E-state index contributed by atoms with van der Waals surface area (Å²) in [5.41, 5.74) is 1.33. The maximum atomic E-state index is 12.2. The van der Waals surface area contributed by atoms with Crippen molar-refractivity contribution in [3.63, 3.8) is 0 Å². The van der Waals surface area contributed by atoms with Crippen LogP contribution in [-0.4, -0.2) is 62.4 Å². The standard InChI is InChI=1S/C13H13N7OS/c21-13(10-7-16-18-17-10)20-4-2-19(3-5-20)12-11-9(1-6-22-11)14-8-15-12/h1,6-8H,2-5H2,(H,16,17,18). The third-order valence-electron chi connectivity index (χ3n) is 3.72. The van der Waals surface area contributed by atoms with Gasteiger partial charge in [-0.05, 0) is 11.4 Å². The van der Waals surface area contributed by atoms with Crippen molar-refractivity contribution in [2.24, 2.45) is 0 Å². The number of H-pyrrole nitrogens is 1. The second kappa shape index (κ2) is 5.34. The highest BCUT2D eigenvalue weighted by Crippen LogP contribution is 2.28. The molecule has 0 spiro atoms. The second-order valence-electron chi connectivity index (χ2n) is 4.97. The molecule has 0 atom stereocenters. The van der Waals surface area contributed by atoms with Gasteiger partial charge in [-0.25, -0.2) is 9.97 Å². The molecule has 1 N–H and O–H groups in total. The lowest BCUT2D eigenvalue weighted by Gasteiger charge is -2.35. The summed E-state index contributed by atoms with van der Waals surface area (Å²) < 4.78 is 1.10. The fraction of sp³-hybridized carbons (Fsp3) is 0.308. The van der Waals surface area contributed by atoms with E-state index in [0.717, 1.165) is 29.1 Å². The first kappa shape index (κ1) is 13.1. The number of piperazine rings is 1. The summed E-state index contributed by atoms with van der Waals surface area (Å²) in [5.74, 6) is 0.867. The lowest BCUT2D eigenvalue weighted by molar-refractivity contribution is 0.0740. The molecule has 0 bridgehead atoms. The molecule has 1 saturated heterocycles. The minimum Gasteiger partial charge on any atom is -0.352 e. The summed E-state index contributed by atoms with van der Waals surface area (Å²) in [6.07, 6.45) is 3.05. The predicted octanol–water partition coefficient (Wildman–Crippen LogP) is 0.772. The Morgan fingerprint density at radius 2 is 2.09 bits per heavy atom. The van der Waals surface area contributed by atoms with Crippen LogP contribution in [0.4, 0.5) is 5.82 Å². The second-order valence-corrected chi connectivity index (χ2v) is 5.88. The number of fused-ring (bicyclic) bond motifs is 1. The van der Waals surface area contributed by atoms with Crippen LogP contribution in [-0.2, 0) is 0 Å². The van der Waals surface area contributed by atoms with E-state index in [1.807, 2.05) is 11.4 Å². The van der Waals surface area contributed by atoms with Crippen LogP contribution < -0.4 is 4.90 Å². The summed E-state index contributed by atoms with van der Waals surface area (Å²) in [6, 6.07) is 2.00. The summed E-state index contributed by atoms with van der Waals surface area (Å²) in [7, 11) is 0. The Hall–Kier alpha value is -2.55. The normalized spacial score (nSPS) is 15.5. The number of carbonyl (C=O) groups is 1. The fourth-order valence-corrected chi connectivity index (χ4v) is 3.45. The number of nitrogens with one attached hydrogen (secondary N) is 1. The van der Waals surface area contributed by atoms with E-state index in [4.69, 9.17) is 0 Å². The highest BCUT2D eigenvalue weighted by atomic mass is 32.1. The van der Waals surface area contributed by atoms with Gasteiger partial charge in [-0.1, -0.05) is 0 Å². The van der Waals surface area contributed by atoms with Crippen LogP contribution in [0.25, 0.3) is 10.2 Å². The minimum absolute atomic E-state index is 0.0858. The molecule has 0 aliphatic carbocycles. The van der Waals surface area contributed by atoms with E-state index in [-0.39, 0.29) is 5.91 Å². The van der Waals surface area contributed by atoms with Gasteiger partial charge in [-0.15, -0.1) is 11.3 Å². The molecule has 0 saturated carbocycles. The zero-order chi connectivity index (χ0) is 14.9. The average molecular weight is 315 g/mol. The first-order chi connectivity index (χ1) is 10.8. The predicted molar refractivity (Wildman–Crippen MR) is 81.9 cm³/mol. The smallest absolute Gasteiger partial charge is 0.276 e. The van der Waals surface area contributed by atoms with Gasteiger partial charge in [0.05, 0.1) is 16.4 Å². The molecule has 22 heavy (non-hydrogen) atoms. The van der Waals surface area contributed by atoms with Crippen molar-refractivity contribution in [1.29, 1.82) is 0 Å². The van der Waals surface area contributed by atoms with Crippen LogP contribution in [0.3, 0.4) is 0 Å². The Balaban J connectivity index is 1.50. The highest BCUT2D eigenvalue weighted by Gasteiger charge is 2.25.